The number of anilines is 1. The van der Waals surface area contributed by atoms with Crippen molar-refractivity contribution in [1.82, 2.24) is 14.9 Å². The zero-order valence-electron chi connectivity index (χ0n) is 21.0. The van der Waals surface area contributed by atoms with Crippen LogP contribution in [-0.4, -0.2) is 82.1 Å². The van der Waals surface area contributed by atoms with Gasteiger partial charge >= 0.3 is 24.3 Å². The predicted octanol–water partition coefficient (Wildman–Crippen LogP) is 5.65. The second-order valence-electron chi connectivity index (χ2n) is 8.31. The Labute approximate surface area is 230 Å². The molecule has 0 spiro atoms. The van der Waals surface area contributed by atoms with Crippen molar-refractivity contribution in [2.75, 3.05) is 37.6 Å². The molecule has 1 aromatic carbocycles. The molecule has 222 valence electrons. The highest BCUT2D eigenvalue weighted by Gasteiger charge is 2.38. The highest BCUT2D eigenvalue weighted by atomic mass is 32.1. The number of hydrogen-bond donors (Lipinski definition) is 2. The fourth-order valence-electron chi connectivity index (χ4n) is 3.81. The largest absolute Gasteiger partial charge is 0.490 e. The standard InChI is InChI=1S/C20H19FN4OS.2C2HF3O2/c1-2-24-6-8-25(9-7-24)19-17-15(11-27-20(17)23-12-22-19)13-3-4-16(21)14-5-10-26-18(13)14;2*3-2(4,5)1(6)7/h3-5,10-12H,2,6-9H2,1H3;2*(H,6,7). The number of likely N-dealkylation sites (N-methyl/N-ethyl adjacent to an activating group) is 1. The average Bonchev–Trinajstić information content (AvgIpc) is 3.57. The van der Waals surface area contributed by atoms with Gasteiger partial charge in [-0.1, -0.05) is 6.92 Å². The molecule has 1 fully saturated rings. The van der Waals surface area contributed by atoms with Crippen LogP contribution in [0.1, 0.15) is 6.92 Å². The Morgan fingerprint density at radius 3 is 2.07 bits per heavy atom. The van der Waals surface area contributed by atoms with Crippen LogP contribution in [0.4, 0.5) is 36.6 Å². The monoisotopic (exact) mass is 610 g/mol. The Morgan fingerprint density at radius 2 is 1.54 bits per heavy atom. The van der Waals surface area contributed by atoms with Crippen molar-refractivity contribution in [3.63, 3.8) is 0 Å². The van der Waals surface area contributed by atoms with Crippen LogP contribution in [0.25, 0.3) is 32.3 Å². The average molecular weight is 611 g/mol. The van der Waals surface area contributed by atoms with Gasteiger partial charge in [0.25, 0.3) is 0 Å². The molecule has 41 heavy (non-hydrogen) atoms. The topological polar surface area (TPSA) is 120 Å². The highest BCUT2D eigenvalue weighted by Crippen LogP contribution is 2.41. The fourth-order valence-corrected chi connectivity index (χ4v) is 4.71. The smallest absolute Gasteiger partial charge is 0.475 e. The quantitative estimate of drug-likeness (QED) is 0.284. The van der Waals surface area contributed by atoms with E-state index in [2.05, 4.69) is 32.1 Å². The molecule has 0 bridgehead atoms. The maximum atomic E-state index is 14.1. The van der Waals surface area contributed by atoms with Gasteiger partial charge in [-0.15, -0.1) is 11.3 Å². The third-order valence-electron chi connectivity index (χ3n) is 5.81. The van der Waals surface area contributed by atoms with Crippen LogP contribution in [0.5, 0.6) is 0 Å². The summed E-state index contributed by atoms with van der Waals surface area (Å²) in [6, 6.07) is 4.96. The first-order chi connectivity index (χ1) is 19.1. The summed E-state index contributed by atoms with van der Waals surface area (Å²) in [4.78, 5) is 32.6. The lowest BCUT2D eigenvalue weighted by molar-refractivity contribution is -0.193. The summed E-state index contributed by atoms with van der Waals surface area (Å²) in [5.41, 5.74) is 2.45. The maximum Gasteiger partial charge on any atom is 0.490 e. The number of carboxylic acid groups (broad SMARTS) is 2. The normalized spacial score (nSPS) is 14.3. The minimum absolute atomic E-state index is 0.269. The molecule has 2 N–H and O–H groups in total. The summed E-state index contributed by atoms with van der Waals surface area (Å²) < 4.78 is 83.2. The molecular formula is C24H21F7N4O5S. The van der Waals surface area contributed by atoms with Crippen LogP contribution < -0.4 is 4.90 Å². The molecule has 0 atom stereocenters. The molecule has 1 aliphatic heterocycles. The number of carbonyl (C=O) groups is 2. The van der Waals surface area contributed by atoms with E-state index in [9.17, 15) is 30.7 Å². The summed E-state index contributed by atoms with van der Waals surface area (Å²) in [6.45, 7) is 7.20. The lowest BCUT2D eigenvalue weighted by Gasteiger charge is -2.35. The van der Waals surface area contributed by atoms with E-state index < -0.39 is 24.3 Å². The Kier molecular flexibility index (Phi) is 9.75. The van der Waals surface area contributed by atoms with E-state index in [0.717, 1.165) is 59.9 Å². The van der Waals surface area contributed by atoms with Gasteiger partial charge in [-0.05, 0) is 24.7 Å². The zero-order chi connectivity index (χ0) is 30.5. The van der Waals surface area contributed by atoms with Crippen LogP contribution in [0.2, 0.25) is 0 Å². The molecule has 0 amide bonds. The highest BCUT2D eigenvalue weighted by molar-refractivity contribution is 7.17. The third-order valence-corrected chi connectivity index (χ3v) is 6.69. The molecule has 1 aliphatic rings. The first kappa shape index (κ1) is 31.5. The first-order valence-electron chi connectivity index (χ1n) is 11.6. The minimum atomic E-state index is -5.08. The molecule has 4 aromatic rings. The van der Waals surface area contributed by atoms with Crippen LogP contribution in [0, 0.1) is 5.82 Å². The van der Waals surface area contributed by atoms with Gasteiger partial charge < -0.3 is 24.4 Å². The van der Waals surface area contributed by atoms with Gasteiger partial charge in [-0.3, -0.25) is 0 Å². The van der Waals surface area contributed by atoms with Gasteiger partial charge in [0, 0.05) is 42.7 Å². The summed E-state index contributed by atoms with van der Waals surface area (Å²) in [5.74, 6) is -4.83. The summed E-state index contributed by atoms with van der Waals surface area (Å²) in [5, 5.41) is 17.8. The van der Waals surface area contributed by atoms with Crippen molar-refractivity contribution in [2.24, 2.45) is 0 Å². The number of fused-ring (bicyclic) bond motifs is 2. The Bertz CT molecular complexity index is 1490. The van der Waals surface area contributed by atoms with E-state index in [1.807, 2.05) is 0 Å². The number of nitrogens with zero attached hydrogens (tertiary/aromatic N) is 4. The summed E-state index contributed by atoms with van der Waals surface area (Å²) in [6.07, 6.45) is -7.00. The molecule has 5 rings (SSSR count). The number of carboxylic acids is 2. The van der Waals surface area contributed by atoms with E-state index in [0.29, 0.717) is 11.0 Å². The second kappa shape index (κ2) is 12.7. The van der Waals surface area contributed by atoms with Crippen molar-refractivity contribution in [3.05, 3.63) is 42.0 Å². The molecule has 0 saturated carbocycles. The number of benzene rings is 1. The molecule has 0 unspecified atom stereocenters. The van der Waals surface area contributed by atoms with Gasteiger partial charge in [0.05, 0.1) is 17.0 Å². The number of halogens is 7. The van der Waals surface area contributed by atoms with Crippen molar-refractivity contribution in [2.45, 2.75) is 19.3 Å². The van der Waals surface area contributed by atoms with E-state index >= 15 is 0 Å². The molecule has 0 aliphatic carbocycles. The second-order valence-corrected chi connectivity index (χ2v) is 9.17. The van der Waals surface area contributed by atoms with Gasteiger partial charge in [-0.2, -0.15) is 26.3 Å². The number of furan rings is 1. The number of thiophene rings is 1. The molecule has 1 saturated heterocycles. The SMILES string of the molecule is CCN1CCN(c2ncnc3scc(-c4ccc(F)c5ccoc45)c23)CC1.O=C(O)C(F)(F)F.O=C(O)C(F)(F)F. The van der Waals surface area contributed by atoms with Crippen LogP contribution >= 0.6 is 11.3 Å². The van der Waals surface area contributed by atoms with Crippen molar-refractivity contribution in [1.29, 1.82) is 0 Å². The van der Waals surface area contributed by atoms with Crippen molar-refractivity contribution < 1.29 is 55.0 Å². The summed E-state index contributed by atoms with van der Waals surface area (Å²) >= 11 is 1.58. The Morgan fingerprint density at radius 1 is 0.951 bits per heavy atom. The Hall–Kier alpha value is -3.99. The molecule has 0 radical (unpaired) electrons. The molecule has 3 aromatic heterocycles. The minimum Gasteiger partial charge on any atom is -0.475 e. The van der Waals surface area contributed by atoms with Gasteiger partial charge in [0.2, 0.25) is 0 Å². The number of rotatable bonds is 3. The number of aliphatic carboxylic acids is 2. The molecule has 17 heteroatoms. The van der Waals surface area contributed by atoms with Crippen molar-refractivity contribution in [3.8, 4) is 11.1 Å². The first-order valence-corrected chi connectivity index (χ1v) is 12.5. The van der Waals surface area contributed by atoms with Gasteiger partial charge in [0.1, 0.15) is 28.4 Å². The maximum absolute atomic E-state index is 14.1. The molecule has 4 heterocycles. The van der Waals surface area contributed by atoms with Crippen molar-refractivity contribution >= 4 is 50.3 Å². The lowest BCUT2D eigenvalue weighted by Crippen LogP contribution is -2.46. The number of hydrogen-bond acceptors (Lipinski definition) is 8. The summed E-state index contributed by atoms with van der Waals surface area (Å²) in [7, 11) is 0. The number of aromatic nitrogens is 2. The van der Waals surface area contributed by atoms with Crippen LogP contribution in [-0.2, 0) is 9.59 Å². The predicted molar refractivity (Wildman–Crippen MR) is 134 cm³/mol. The molecular weight excluding hydrogens is 589 g/mol. The van der Waals surface area contributed by atoms with Gasteiger partial charge in [0.15, 0.2) is 0 Å². The van der Waals surface area contributed by atoms with Gasteiger partial charge in [-0.25, -0.2) is 23.9 Å². The van der Waals surface area contributed by atoms with E-state index in [1.54, 1.807) is 29.8 Å². The lowest BCUT2D eigenvalue weighted by atomic mass is 10.0. The van der Waals surface area contributed by atoms with Crippen LogP contribution in [0.15, 0.2) is 40.6 Å². The van der Waals surface area contributed by atoms with E-state index in [-0.39, 0.29) is 5.82 Å². The fraction of sp³-hybridized carbons (Fsp3) is 0.333. The Balaban J connectivity index is 0.000000276. The number of piperazine rings is 1. The third kappa shape index (κ3) is 7.60. The zero-order valence-corrected chi connectivity index (χ0v) is 21.8. The van der Waals surface area contributed by atoms with E-state index in [1.165, 1.54) is 12.3 Å². The molecule has 9 nitrogen and oxygen atoms in total. The van der Waals surface area contributed by atoms with Crippen LogP contribution in [0.3, 0.4) is 0 Å². The van der Waals surface area contributed by atoms with E-state index in [4.69, 9.17) is 24.2 Å². The number of alkyl halides is 6.